The minimum atomic E-state index is 0.898. The third-order valence-electron chi connectivity index (χ3n) is 10.3. The number of rotatable bonds is 1. The number of piperidine rings is 2. The smallest absolute Gasteiger partial charge is 0.0594 e. The summed E-state index contributed by atoms with van der Waals surface area (Å²) in [5.74, 6) is 2.87. The van der Waals surface area contributed by atoms with E-state index < -0.39 is 0 Å². The third kappa shape index (κ3) is 23.9. The van der Waals surface area contributed by atoms with Crippen molar-refractivity contribution >= 4 is 0 Å². The molecule has 0 aromatic rings. The topological polar surface area (TPSA) is 37.9 Å². The lowest BCUT2D eigenvalue weighted by molar-refractivity contribution is 0.0503. The van der Waals surface area contributed by atoms with Gasteiger partial charge >= 0.3 is 0 Å². The highest BCUT2D eigenvalue weighted by Crippen LogP contribution is 2.17. The highest BCUT2D eigenvalue weighted by molar-refractivity contribution is 4.74. The van der Waals surface area contributed by atoms with E-state index in [2.05, 4.69) is 99.4 Å². The van der Waals surface area contributed by atoms with Crippen molar-refractivity contribution in [3.63, 3.8) is 0 Å². The Morgan fingerprint density at radius 2 is 0.870 bits per heavy atom. The predicted octanol–water partition coefficient (Wildman–Crippen LogP) is 5.43. The van der Waals surface area contributed by atoms with Crippen LogP contribution in [0.15, 0.2) is 0 Å². The Hall–Kier alpha value is -0.320. The predicted molar refractivity (Wildman–Crippen MR) is 200 cm³/mol. The van der Waals surface area contributed by atoms with E-state index in [-0.39, 0.29) is 0 Å². The molecule has 0 radical (unpaired) electrons. The molecular weight excluding hydrogens is 572 g/mol. The van der Waals surface area contributed by atoms with Crippen LogP contribution in [0.2, 0.25) is 0 Å². The van der Waals surface area contributed by atoms with Gasteiger partial charge in [0.25, 0.3) is 0 Å². The van der Waals surface area contributed by atoms with Gasteiger partial charge in [-0.2, -0.15) is 0 Å². The number of morpholine rings is 1. The molecule has 6 aliphatic heterocycles. The highest BCUT2D eigenvalue weighted by Gasteiger charge is 2.18. The lowest BCUT2D eigenvalue weighted by Gasteiger charge is -2.26. The maximum Gasteiger partial charge on any atom is 0.0594 e. The van der Waals surface area contributed by atoms with Crippen LogP contribution in [0, 0.1) is 17.8 Å². The summed E-state index contributed by atoms with van der Waals surface area (Å²) in [7, 11) is 13.1. The van der Waals surface area contributed by atoms with E-state index in [0.717, 1.165) is 69.9 Å². The van der Waals surface area contributed by atoms with Crippen molar-refractivity contribution in [2.75, 3.05) is 141 Å². The van der Waals surface area contributed by atoms with E-state index in [0.29, 0.717) is 0 Å². The van der Waals surface area contributed by atoms with Crippen molar-refractivity contribution in [3.05, 3.63) is 0 Å². The third-order valence-corrected chi connectivity index (χ3v) is 10.3. The maximum absolute atomic E-state index is 5.22. The van der Waals surface area contributed by atoms with Gasteiger partial charge in [0, 0.05) is 51.9 Å². The van der Waals surface area contributed by atoms with Crippen molar-refractivity contribution in [3.8, 4) is 0 Å². The number of ether oxygens (including phenoxy) is 2. The molecule has 0 aromatic heterocycles. The zero-order chi connectivity index (χ0) is 34.2. The molecule has 0 aliphatic carbocycles. The largest absolute Gasteiger partial charge is 0.380 e. The average molecular weight is 655 g/mol. The van der Waals surface area contributed by atoms with Gasteiger partial charge in [-0.25, -0.2) is 0 Å². The Labute approximate surface area is 288 Å². The Morgan fingerprint density at radius 3 is 1.24 bits per heavy atom. The first-order chi connectivity index (χ1) is 22.0. The summed E-state index contributed by atoms with van der Waals surface area (Å²) in [4.78, 5) is 14.2. The molecule has 276 valence electrons. The molecule has 0 aromatic carbocycles. The summed E-state index contributed by atoms with van der Waals surface area (Å²) in [6.07, 6.45) is 12.4. The van der Waals surface area contributed by atoms with Gasteiger partial charge in [-0.1, -0.05) is 27.7 Å². The molecule has 6 saturated heterocycles. The summed E-state index contributed by atoms with van der Waals surface area (Å²) < 4.78 is 10.3. The van der Waals surface area contributed by atoms with Gasteiger partial charge in [0.2, 0.25) is 0 Å². The minimum Gasteiger partial charge on any atom is -0.380 e. The van der Waals surface area contributed by atoms with Crippen LogP contribution in [0.25, 0.3) is 0 Å². The van der Waals surface area contributed by atoms with E-state index in [1.807, 2.05) is 0 Å². The molecule has 46 heavy (non-hydrogen) atoms. The van der Waals surface area contributed by atoms with Crippen molar-refractivity contribution in [1.82, 2.24) is 29.4 Å². The first kappa shape index (κ1) is 43.7. The fourth-order valence-electron chi connectivity index (χ4n) is 6.74. The summed E-state index contributed by atoms with van der Waals surface area (Å²) in [6.45, 7) is 26.6. The van der Waals surface area contributed by atoms with Crippen LogP contribution in [0.1, 0.15) is 85.5 Å². The second-order valence-electron chi connectivity index (χ2n) is 15.5. The molecule has 6 heterocycles. The van der Waals surface area contributed by atoms with E-state index in [1.54, 1.807) is 0 Å². The molecule has 6 rings (SSSR count). The van der Waals surface area contributed by atoms with E-state index >= 15 is 0 Å². The van der Waals surface area contributed by atoms with Crippen LogP contribution < -0.4 is 0 Å². The molecule has 0 N–H and O–H groups in total. The zero-order valence-corrected chi connectivity index (χ0v) is 32.8. The maximum atomic E-state index is 5.22. The fraction of sp³-hybridized carbons (Fsp3) is 1.00. The molecule has 8 nitrogen and oxygen atoms in total. The van der Waals surface area contributed by atoms with Crippen LogP contribution in [0.5, 0.6) is 0 Å². The molecule has 8 heteroatoms. The van der Waals surface area contributed by atoms with E-state index in [1.165, 1.54) is 110 Å². The summed E-state index contributed by atoms with van der Waals surface area (Å²) in [5, 5.41) is 0. The molecule has 3 atom stereocenters. The fourth-order valence-corrected chi connectivity index (χ4v) is 6.74. The normalized spacial score (nSPS) is 29.2. The van der Waals surface area contributed by atoms with Gasteiger partial charge in [0.1, 0.15) is 0 Å². The standard InChI is InChI=1S/3C7H15N.C6H13NO.C6H13N.C5H11NO/c1-7-3-5-8(2)6-4-7;1-7-4-3-5-8(2)6-7;1-3-7-5-4-6-8(7)2;1-7-3-2-5-8-6-4-7;1-6-3-4-7(2)5-6;1-6-2-4-7-5-3-6/h3*7H,3-6H2,1-2H3;2-6H2,1H3;6H,3-5H2,1-2H3;2-5H2,1H3. The van der Waals surface area contributed by atoms with Crippen molar-refractivity contribution < 1.29 is 9.47 Å². The SMILES string of the molecule is CC1CCCN(C)C1.CC1CCN(C)C1.CC1CCN(C)CC1.CCC1CCCN1C.CN1CCCOCC1.CN1CCOCC1. The number of hydrogen-bond donors (Lipinski definition) is 0. The van der Waals surface area contributed by atoms with Crippen LogP contribution in [-0.2, 0) is 9.47 Å². The molecule has 0 bridgehead atoms. The Kier molecular flexibility index (Phi) is 26.1. The van der Waals surface area contributed by atoms with Gasteiger partial charge in [-0.05, 0) is 151 Å². The molecule has 3 unspecified atom stereocenters. The molecule has 0 spiro atoms. The van der Waals surface area contributed by atoms with Crippen LogP contribution >= 0.6 is 0 Å². The molecular formula is C38H82N6O2. The zero-order valence-electron chi connectivity index (χ0n) is 32.8. The van der Waals surface area contributed by atoms with Gasteiger partial charge in [0.05, 0.1) is 19.8 Å². The van der Waals surface area contributed by atoms with Crippen LogP contribution in [0.3, 0.4) is 0 Å². The lowest BCUT2D eigenvalue weighted by Crippen LogP contribution is -2.32. The first-order valence-corrected chi connectivity index (χ1v) is 19.3. The lowest BCUT2D eigenvalue weighted by atomic mass is 10.00. The molecule has 6 fully saturated rings. The Morgan fingerprint density at radius 1 is 0.435 bits per heavy atom. The molecule has 0 saturated carbocycles. The second-order valence-corrected chi connectivity index (χ2v) is 15.5. The Balaban J connectivity index is 0.000000276. The summed E-state index contributed by atoms with van der Waals surface area (Å²) >= 11 is 0. The number of likely N-dealkylation sites (N-methyl/N-ethyl adjacent to an activating group) is 2. The van der Waals surface area contributed by atoms with Gasteiger partial charge in [0.15, 0.2) is 0 Å². The number of likely N-dealkylation sites (tertiary alicyclic amines) is 4. The number of hydrogen-bond acceptors (Lipinski definition) is 8. The van der Waals surface area contributed by atoms with Crippen molar-refractivity contribution in [2.45, 2.75) is 91.5 Å². The van der Waals surface area contributed by atoms with E-state index in [4.69, 9.17) is 9.47 Å². The van der Waals surface area contributed by atoms with Crippen LogP contribution in [0.4, 0.5) is 0 Å². The summed E-state index contributed by atoms with van der Waals surface area (Å²) in [6, 6.07) is 0.898. The quantitative estimate of drug-likeness (QED) is 0.371. The van der Waals surface area contributed by atoms with Gasteiger partial charge in [-0.3, -0.25) is 0 Å². The minimum absolute atomic E-state index is 0.898. The van der Waals surface area contributed by atoms with E-state index in [9.17, 15) is 0 Å². The first-order valence-electron chi connectivity index (χ1n) is 19.3. The second kappa shape index (κ2) is 27.5. The summed E-state index contributed by atoms with van der Waals surface area (Å²) in [5.41, 5.74) is 0. The van der Waals surface area contributed by atoms with Gasteiger partial charge in [-0.15, -0.1) is 0 Å². The van der Waals surface area contributed by atoms with Crippen molar-refractivity contribution in [1.29, 1.82) is 0 Å². The van der Waals surface area contributed by atoms with Crippen molar-refractivity contribution in [2.24, 2.45) is 17.8 Å². The number of nitrogens with zero attached hydrogens (tertiary/aromatic N) is 6. The Bertz CT molecular complexity index is 636. The highest BCUT2D eigenvalue weighted by atomic mass is 16.5. The monoisotopic (exact) mass is 655 g/mol. The molecule has 6 aliphatic rings. The van der Waals surface area contributed by atoms with Crippen LogP contribution in [-0.4, -0.2) is 176 Å². The molecule has 0 amide bonds. The average Bonchev–Trinajstić information content (AvgIpc) is 3.54. The van der Waals surface area contributed by atoms with Gasteiger partial charge < -0.3 is 38.9 Å².